The number of carboxylic acids is 1. The van der Waals surface area contributed by atoms with Crippen molar-refractivity contribution in [3.63, 3.8) is 0 Å². The molecule has 0 saturated carbocycles. The number of carbonyl (C=O) groups is 1. The summed E-state index contributed by atoms with van der Waals surface area (Å²) in [4.78, 5) is 15.3. The third kappa shape index (κ3) is 2.57. The first-order chi connectivity index (χ1) is 12.2. The molecular weight excluding hydrogens is 320 g/mol. The molecule has 0 unspecified atom stereocenters. The highest BCUT2D eigenvalue weighted by molar-refractivity contribution is 6.04. The van der Waals surface area contributed by atoms with E-state index in [0.29, 0.717) is 23.5 Å². The van der Waals surface area contributed by atoms with E-state index in [1.807, 2.05) is 18.2 Å². The number of aryl methyl sites for hydroxylation is 1. The number of benzene rings is 1. The largest absolute Gasteiger partial charge is 0.475 e. The maximum absolute atomic E-state index is 11.3. The third-order valence-electron chi connectivity index (χ3n) is 4.36. The molecule has 0 atom stereocenters. The number of oxime groups is 1. The second-order valence-corrected chi connectivity index (χ2v) is 5.81. The summed E-state index contributed by atoms with van der Waals surface area (Å²) in [5.41, 5.74) is 5.01. The molecule has 1 aromatic carbocycles. The van der Waals surface area contributed by atoms with Crippen molar-refractivity contribution in [2.45, 2.75) is 12.8 Å². The highest BCUT2D eigenvalue weighted by atomic mass is 16.4. The lowest BCUT2D eigenvalue weighted by atomic mass is 9.98. The van der Waals surface area contributed by atoms with E-state index < -0.39 is 5.97 Å². The fourth-order valence-corrected chi connectivity index (χ4v) is 3.17. The molecule has 0 saturated heterocycles. The van der Waals surface area contributed by atoms with Gasteiger partial charge in [0, 0.05) is 29.1 Å². The maximum atomic E-state index is 11.3. The number of hydrogen-bond acceptors (Lipinski definition) is 5. The summed E-state index contributed by atoms with van der Waals surface area (Å²) >= 11 is 0. The van der Waals surface area contributed by atoms with E-state index >= 15 is 0 Å². The Morgan fingerprint density at radius 1 is 1.04 bits per heavy atom. The number of nitrogens with zero attached hydrogens (tertiary/aromatic N) is 2. The van der Waals surface area contributed by atoms with Gasteiger partial charge < -0.3 is 14.7 Å². The molecule has 124 valence electrons. The predicted molar refractivity (Wildman–Crippen MR) is 91.0 cm³/mol. The smallest absolute Gasteiger partial charge is 0.371 e. The van der Waals surface area contributed by atoms with Crippen LogP contribution >= 0.6 is 0 Å². The van der Waals surface area contributed by atoms with Crippen molar-refractivity contribution in [2.24, 2.45) is 5.16 Å². The third-order valence-corrected chi connectivity index (χ3v) is 4.36. The molecule has 0 bridgehead atoms. The predicted octanol–water partition coefficient (Wildman–Crippen LogP) is 3.83. The molecule has 2 heterocycles. The molecular formula is C19H14N2O4. The summed E-state index contributed by atoms with van der Waals surface area (Å²) in [5.74, 6) is -0.730. The lowest BCUT2D eigenvalue weighted by molar-refractivity contribution is 0.0663. The van der Waals surface area contributed by atoms with E-state index in [2.05, 4.69) is 10.1 Å². The van der Waals surface area contributed by atoms with Crippen molar-refractivity contribution in [1.82, 2.24) is 4.98 Å². The van der Waals surface area contributed by atoms with E-state index in [1.165, 1.54) is 6.07 Å². The van der Waals surface area contributed by atoms with Crippen LogP contribution < -0.4 is 0 Å². The summed E-state index contributed by atoms with van der Waals surface area (Å²) in [7, 11) is 0. The van der Waals surface area contributed by atoms with Gasteiger partial charge in [-0.2, -0.15) is 0 Å². The van der Waals surface area contributed by atoms with Crippen LogP contribution in [-0.4, -0.2) is 27.0 Å². The molecule has 0 fully saturated rings. The van der Waals surface area contributed by atoms with Crippen molar-refractivity contribution in [1.29, 1.82) is 0 Å². The lowest BCUT2D eigenvalue weighted by Crippen LogP contribution is -1.94. The van der Waals surface area contributed by atoms with Crippen LogP contribution in [0, 0.1) is 0 Å². The number of furan rings is 1. The van der Waals surface area contributed by atoms with Gasteiger partial charge >= 0.3 is 5.97 Å². The SMILES string of the molecule is O=C(O)c1cc(-c2ccc3c(c2)CC/C3=N/O)c(-c2ccncc2)o1. The van der Waals surface area contributed by atoms with Crippen LogP contribution in [0.15, 0.2) is 58.4 Å². The first kappa shape index (κ1) is 15.1. The van der Waals surface area contributed by atoms with Crippen LogP contribution in [0.2, 0.25) is 0 Å². The summed E-state index contributed by atoms with van der Waals surface area (Å²) in [6, 6.07) is 10.9. The van der Waals surface area contributed by atoms with Gasteiger partial charge in [-0.1, -0.05) is 23.4 Å². The second kappa shape index (κ2) is 5.90. The molecule has 2 aromatic heterocycles. The number of aromatic nitrogens is 1. The maximum Gasteiger partial charge on any atom is 0.371 e. The van der Waals surface area contributed by atoms with Crippen LogP contribution in [0.25, 0.3) is 22.5 Å². The Morgan fingerprint density at radius 3 is 2.56 bits per heavy atom. The van der Waals surface area contributed by atoms with Gasteiger partial charge in [0.15, 0.2) is 0 Å². The molecule has 6 nitrogen and oxygen atoms in total. The Kier molecular flexibility index (Phi) is 3.57. The van der Waals surface area contributed by atoms with Gasteiger partial charge in [-0.3, -0.25) is 4.98 Å². The van der Waals surface area contributed by atoms with Crippen molar-refractivity contribution >= 4 is 11.7 Å². The highest BCUT2D eigenvalue weighted by Crippen LogP contribution is 2.37. The molecule has 4 rings (SSSR count). The number of pyridine rings is 1. The average molecular weight is 334 g/mol. The Morgan fingerprint density at radius 2 is 1.84 bits per heavy atom. The van der Waals surface area contributed by atoms with Gasteiger partial charge in [0.25, 0.3) is 0 Å². The lowest BCUT2D eigenvalue weighted by Gasteiger charge is -2.06. The molecule has 0 spiro atoms. The Labute approximate surface area is 143 Å². The van der Waals surface area contributed by atoms with Gasteiger partial charge in [0.05, 0.1) is 5.71 Å². The van der Waals surface area contributed by atoms with E-state index in [-0.39, 0.29) is 5.76 Å². The molecule has 25 heavy (non-hydrogen) atoms. The minimum atomic E-state index is -1.11. The number of aromatic carboxylic acids is 1. The van der Waals surface area contributed by atoms with Crippen molar-refractivity contribution < 1.29 is 19.5 Å². The quantitative estimate of drug-likeness (QED) is 0.560. The zero-order chi connectivity index (χ0) is 17.4. The summed E-state index contributed by atoms with van der Waals surface area (Å²) < 4.78 is 5.59. The summed E-state index contributed by atoms with van der Waals surface area (Å²) in [6.07, 6.45) is 4.75. The zero-order valence-electron chi connectivity index (χ0n) is 13.1. The Bertz CT molecular complexity index is 990. The molecule has 0 amide bonds. The Balaban J connectivity index is 1.87. The van der Waals surface area contributed by atoms with E-state index in [0.717, 1.165) is 28.7 Å². The van der Waals surface area contributed by atoms with Crippen LogP contribution in [0.5, 0.6) is 0 Å². The van der Waals surface area contributed by atoms with Crippen molar-refractivity contribution in [3.8, 4) is 22.5 Å². The number of rotatable bonds is 3. The average Bonchev–Trinajstić information content (AvgIpc) is 3.26. The molecule has 1 aliphatic carbocycles. The molecule has 1 aliphatic rings. The van der Waals surface area contributed by atoms with E-state index in [9.17, 15) is 9.90 Å². The van der Waals surface area contributed by atoms with Gasteiger partial charge in [-0.05, 0) is 42.2 Å². The summed E-state index contributed by atoms with van der Waals surface area (Å²) in [5, 5.41) is 21.7. The minimum absolute atomic E-state index is 0.111. The van der Waals surface area contributed by atoms with Gasteiger partial charge in [-0.25, -0.2) is 4.79 Å². The summed E-state index contributed by atoms with van der Waals surface area (Å²) in [6.45, 7) is 0. The van der Waals surface area contributed by atoms with E-state index in [4.69, 9.17) is 9.62 Å². The minimum Gasteiger partial charge on any atom is -0.475 e. The topological polar surface area (TPSA) is 95.9 Å². The molecule has 6 heteroatoms. The fourth-order valence-electron chi connectivity index (χ4n) is 3.17. The highest BCUT2D eigenvalue weighted by Gasteiger charge is 2.22. The van der Waals surface area contributed by atoms with Crippen LogP contribution in [0.3, 0.4) is 0 Å². The second-order valence-electron chi connectivity index (χ2n) is 5.81. The van der Waals surface area contributed by atoms with Crippen LogP contribution in [-0.2, 0) is 6.42 Å². The molecule has 2 N–H and O–H groups in total. The normalized spacial score (nSPS) is 14.6. The van der Waals surface area contributed by atoms with Gasteiger partial charge in [0.2, 0.25) is 5.76 Å². The van der Waals surface area contributed by atoms with Crippen molar-refractivity contribution in [3.05, 3.63) is 65.7 Å². The number of fused-ring (bicyclic) bond motifs is 1. The fraction of sp³-hybridized carbons (Fsp3) is 0.105. The van der Waals surface area contributed by atoms with Crippen molar-refractivity contribution in [2.75, 3.05) is 0 Å². The molecule has 0 radical (unpaired) electrons. The molecule has 0 aliphatic heterocycles. The first-order valence-corrected chi connectivity index (χ1v) is 7.79. The number of hydrogen-bond donors (Lipinski definition) is 2. The Hall–Kier alpha value is -3.41. The van der Waals surface area contributed by atoms with Crippen LogP contribution in [0.4, 0.5) is 0 Å². The monoisotopic (exact) mass is 334 g/mol. The first-order valence-electron chi connectivity index (χ1n) is 7.79. The van der Waals surface area contributed by atoms with Gasteiger partial charge in [-0.15, -0.1) is 0 Å². The van der Waals surface area contributed by atoms with E-state index in [1.54, 1.807) is 24.5 Å². The molecule has 3 aromatic rings. The van der Waals surface area contributed by atoms with Crippen LogP contribution in [0.1, 0.15) is 28.1 Å². The van der Waals surface area contributed by atoms with Gasteiger partial charge in [0.1, 0.15) is 5.76 Å². The standard InChI is InChI=1S/C19H14N2O4/c22-19(23)17-10-15(18(25-17)11-5-7-20-8-6-11)13-1-3-14-12(9-13)2-4-16(14)21-24/h1,3,5-10,24H,2,4H2,(H,22,23)/b21-16-. The zero-order valence-corrected chi connectivity index (χ0v) is 13.1. The number of carboxylic acid groups (broad SMARTS) is 1.